The third kappa shape index (κ3) is 4.09. The van der Waals surface area contributed by atoms with Crippen LogP contribution in [0.3, 0.4) is 0 Å². The van der Waals surface area contributed by atoms with Gasteiger partial charge in [0.15, 0.2) is 6.29 Å². The van der Waals surface area contributed by atoms with Crippen molar-refractivity contribution in [1.82, 2.24) is 14.8 Å². The highest BCUT2D eigenvalue weighted by Crippen LogP contribution is 2.38. The predicted molar refractivity (Wildman–Crippen MR) is 97.1 cm³/mol. The van der Waals surface area contributed by atoms with Gasteiger partial charge in [-0.1, -0.05) is 19.8 Å². The standard InChI is InChI=1S/C20H27N3O2/c1-3-12-23-19(10-11-21-23)17-7-5-4-6-16(17)14-25-20-9-8-15(2)22-18(20)13-24/h8-11,13,16-17H,3-7,12,14H2,1-2H3. The quantitative estimate of drug-likeness (QED) is 0.710. The molecule has 2 aromatic heterocycles. The molecule has 0 saturated heterocycles. The number of nitrogens with zero attached hydrogens (tertiary/aromatic N) is 3. The molecule has 5 nitrogen and oxygen atoms in total. The average Bonchev–Trinajstić information content (AvgIpc) is 3.09. The number of ether oxygens (including phenoxy) is 1. The van der Waals surface area contributed by atoms with Crippen LogP contribution in [0.2, 0.25) is 0 Å². The first-order chi connectivity index (χ1) is 12.2. The van der Waals surface area contributed by atoms with Crippen molar-refractivity contribution in [3.8, 4) is 5.75 Å². The lowest BCUT2D eigenvalue weighted by molar-refractivity contribution is 0.111. The Balaban J connectivity index is 1.73. The zero-order valence-corrected chi connectivity index (χ0v) is 15.1. The summed E-state index contributed by atoms with van der Waals surface area (Å²) in [6.45, 7) is 5.64. The van der Waals surface area contributed by atoms with E-state index in [4.69, 9.17) is 4.74 Å². The molecule has 5 heteroatoms. The van der Waals surface area contributed by atoms with Crippen LogP contribution in [0.5, 0.6) is 5.75 Å². The Morgan fingerprint density at radius 3 is 2.92 bits per heavy atom. The zero-order valence-electron chi connectivity index (χ0n) is 15.1. The van der Waals surface area contributed by atoms with Crippen LogP contribution in [-0.2, 0) is 6.54 Å². The Morgan fingerprint density at radius 1 is 1.28 bits per heavy atom. The summed E-state index contributed by atoms with van der Waals surface area (Å²) < 4.78 is 8.17. The first-order valence-electron chi connectivity index (χ1n) is 9.30. The Hall–Kier alpha value is -2.17. The molecule has 134 valence electrons. The van der Waals surface area contributed by atoms with Crippen molar-refractivity contribution in [2.24, 2.45) is 5.92 Å². The summed E-state index contributed by atoms with van der Waals surface area (Å²) in [7, 11) is 0. The lowest BCUT2D eigenvalue weighted by Gasteiger charge is -2.32. The normalized spacial score (nSPS) is 20.4. The number of pyridine rings is 1. The summed E-state index contributed by atoms with van der Waals surface area (Å²) in [6, 6.07) is 5.89. The van der Waals surface area contributed by atoms with Crippen molar-refractivity contribution in [2.75, 3.05) is 6.61 Å². The first kappa shape index (κ1) is 17.6. The number of aldehydes is 1. The fourth-order valence-electron chi connectivity index (χ4n) is 3.82. The van der Waals surface area contributed by atoms with Gasteiger partial charge in [0.25, 0.3) is 0 Å². The number of aryl methyl sites for hydroxylation is 2. The molecule has 2 heterocycles. The topological polar surface area (TPSA) is 57.0 Å². The van der Waals surface area contributed by atoms with E-state index in [-0.39, 0.29) is 0 Å². The molecular formula is C20H27N3O2. The van der Waals surface area contributed by atoms with Crippen LogP contribution in [0, 0.1) is 12.8 Å². The lowest BCUT2D eigenvalue weighted by atomic mass is 9.78. The van der Waals surface area contributed by atoms with Gasteiger partial charge in [-0.25, -0.2) is 4.98 Å². The summed E-state index contributed by atoms with van der Waals surface area (Å²) >= 11 is 0. The maximum Gasteiger partial charge on any atom is 0.172 e. The van der Waals surface area contributed by atoms with E-state index in [1.54, 1.807) is 0 Å². The minimum Gasteiger partial charge on any atom is -0.491 e. The van der Waals surface area contributed by atoms with Gasteiger partial charge in [0.1, 0.15) is 11.4 Å². The molecule has 1 fully saturated rings. The number of aromatic nitrogens is 3. The molecule has 1 aliphatic rings. The van der Waals surface area contributed by atoms with Gasteiger partial charge >= 0.3 is 0 Å². The molecule has 2 unspecified atom stereocenters. The molecule has 2 atom stereocenters. The maximum absolute atomic E-state index is 11.2. The highest BCUT2D eigenvalue weighted by atomic mass is 16.5. The van der Waals surface area contributed by atoms with Crippen molar-refractivity contribution in [3.05, 3.63) is 41.5 Å². The predicted octanol–water partition coefficient (Wildman–Crippen LogP) is 4.16. The fourth-order valence-corrected chi connectivity index (χ4v) is 3.82. The van der Waals surface area contributed by atoms with Gasteiger partial charge in [0.05, 0.1) is 6.61 Å². The minimum absolute atomic E-state index is 0.392. The van der Waals surface area contributed by atoms with E-state index < -0.39 is 0 Å². The molecule has 1 saturated carbocycles. The lowest BCUT2D eigenvalue weighted by Crippen LogP contribution is -2.26. The molecule has 1 aliphatic carbocycles. The van der Waals surface area contributed by atoms with Gasteiger partial charge in [-0.3, -0.25) is 9.48 Å². The maximum atomic E-state index is 11.2. The summed E-state index contributed by atoms with van der Waals surface area (Å²) in [6.07, 6.45) is 8.58. The van der Waals surface area contributed by atoms with Crippen LogP contribution in [0.1, 0.15) is 66.8 Å². The molecule has 0 bridgehead atoms. The van der Waals surface area contributed by atoms with Crippen LogP contribution < -0.4 is 4.74 Å². The number of carbonyl (C=O) groups excluding carboxylic acids is 1. The third-order valence-corrected chi connectivity index (χ3v) is 5.06. The smallest absolute Gasteiger partial charge is 0.172 e. The molecule has 0 N–H and O–H groups in total. The van der Waals surface area contributed by atoms with Gasteiger partial charge < -0.3 is 4.74 Å². The molecule has 0 aliphatic heterocycles. The number of carbonyl (C=O) groups is 1. The van der Waals surface area contributed by atoms with Crippen LogP contribution in [0.25, 0.3) is 0 Å². The highest BCUT2D eigenvalue weighted by Gasteiger charge is 2.29. The summed E-state index contributed by atoms with van der Waals surface area (Å²) in [5.74, 6) is 1.51. The number of hydrogen-bond acceptors (Lipinski definition) is 4. The van der Waals surface area contributed by atoms with Crippen LogP contribution in [0.15, 0.2) is 24.4 Å². The average molecular weight is 341 g/mol. The molecule has 0 aromatic carbocycles. The first-order valence-corrected chi connectivity index (χ1v) is 9.30. The van der Waals surface area contributed by atoms with Crippen molar-refractivity contribution in [1.29, 1.82) is 0 Å². The van der Waals surface area contributed by atoms with E-state index >= 15 is 0 Å². The Kier molecular flexibility index (Phi) is 5.84. The van der Waals surface area contributed by atoms with Gasteiger partial charge in [0, 0.05) is 36.0 Å². The van der Waals surface area contributed by atoms with Crippen molar-refractivity contribution in [3.63, 3.8) is 0 Å². The Bertz CT molecular complexity index is 711. The van der Waals surface area contributed by atoms with E-state index in [1.807, 2.05) is 25.3 Å². The largest absolute Gasteiger partial charge is 0.491 e. The van der Waals surface area contributed by atoms with Crippen molar-refractivity contribution < 1.29 is 9.53 Å². The van der Waals surface area contributed by atoms with E-state index in [9.17, 15) is 4.79 Å². The molecule has 0 spiro atoms. The van der Waals surface area contributed by atoms with Gasteiger partial charge in [-0.15, -0.1) is 0 Å². The second-order valence-electron chi connectivity index (χ2n) is 6.90. The Labute approximate surface area is 149 Å². The SMILES string of the molecule is CCCn1nccc1C1CCCCC1COc1ccc(C)nc1C=O. The molecule has 2 aromatic rings. The molecule has 25 heavy (non-hydrogen) atoms. The number of hydrogen-bond donors (Lipinski definition) is 0. The second-order valence-corrected chi connectivity index (χ2v) is 6.90. The fraction of sp³-hybridized carbons (Fsp3) is 0.550. The van der Waals surface area contributed by atoms with Gasteiger partial charge in [0.2, 0.25) is 0 Å². The van der Waals surface area contributed by atoms with Crippen molar-refractivity contribution >= 4 is 6.29 Å². The summed E-state index contributed by atoms with van der Waals surface area (Å²) in [5.41, 5.74) is 2.55. The third-order valence-electron chi connectivity index (χ3n) is 5.06. The van der Waals surface area contributed by atoms with Gasteiger partial charge in [-0.05, 0) is 44.4 Å². The second kappa shape index (κ2) is 8.28. The molecule has 0 radical (unpaired) electrons. The summed E-state index contributed by atoms with van der Waals surface area (Å²) in [5, 5.41) is 4.49. The minimum atomic E-state index is 0.392. The molecule has 3 rings (SSSR count). The summed E-state index contributed by atoms with van der Waals surface area (Å²) in [4.78, 5) is 15.5. The highest BCUT2D eigenvalue weighted by molar-refractivity contribution is 5.76. The monoisotopic (exact) mass is 341 g/mol. The zero-order chi connectivity index (χ0) is 17.6. The van der Waals surface area contributed by atoms with Crippen molar-refractivity contribution in [2.45, 2.75) is 58.4 Å². The number of rotatable bonds is 7. The Morgan fingerprint density at radius 2 is 2.12 bits per heavy atom. The molecular weight excluding hydrogens is 314 g/mol. The van der Waals surface area contributed by atoms with Gasteiger partial charge in [-0.2, -0.15) is 5.10 Å². The van der Waals surface area contributed by atoms with E-state index in [1.165, 1.54) is 25.0 Å². The van der Waals surface area contributed by atoms with E-state index in [0.717, 1.165) is 31.4 Å². The molecule has 0 amide bonds. The van der Waals surface area contributed by atoms with Crippen LogP contribution in [-0.4, -0.2) is 27.7 Å². The van der Waals surface area contributed by atoms with E-state index in [2.05, 4.69) is 27.8 Å². The van der Waals surface area contributed by atoms with Crippen LogP contribution >= 0.6 is 0 Å². The van der Waals surface area contributed by atoms with E-state index in [0.29, 0.717) is 29.9 Å². The van der Waals surface area contributed by atoms with Crippen LogP contribution in [0.4, 0.5) is 0 Å².